The summed E-state index contributed by atoms with van der Waals surface area (Å²) in [7, 11) is 0. The van der Waals surface area contributed by atoms with Crippen LogP contribution in [0.4, 0.5) is 0 Å². The molecule has 0 bridgehead atoms. The number of nitrogens with zero attached hydrogens (tertiary/aromatic N) is 1. The first-order valence-corrected chi connectivity index (χ1v) is 8.70. The lowest BCUT2D eigenvalue weighted by Gasteiger charge is -2.07. The topological polar surface area (TPSA) is 77.0 Å². The highest BCUT2D eigenvalue weighted by atomic mass is 16.5. The third-order valence-electron chi connectivity index (χ3n) is 3.86. The summed E-state index contributed by atoms with van der Waals surface area (Å²) in [6.07, 6.45) is 1.64. The Balaban J connectivity index is 1.85. The summed E-state index contributed by atoms with van der Waals surface area (Å²) in [4.78, 5) is 23.4. The monoisotopic (exact) mass is 368 g/mol. The molecule has 0 heterocycles. The van der Waals surface area contributed by atoms with Crippen LogP contribution in [0.15, 0.2) is 41.5 Å². The Morgan fingerprint density at radius 1 is 1.07 bits per heavy atom. The molecule has 0 atom stereocenters. The van der Waals surface area contributed by atoms with Gasteiger partial charge in [0.05, 0.1) is 18.4 Å². The molecule has 2 aromatic carbocycles. The van der Waals surface area contributed by atoms with E-state index in [-0.39, 0.29) is 12.5 Å². The van der Waals surface area contributed by atoms with Gasteiger partial charge in [-0.3, -0.25) is 4.79 Å². The average molecular weight is 368 g/mol. The van der Waals surface area contributed by atoms with Crippen LogP contribution in [-0.2, 0) is 9.53 Å². The fourth-order valence-electron chi connectivity index (χ4n) is 2.65. The first-order chi connectivity index (χ1) is 12.9. The molecule has 2 aromatic rings. The minimum atomic E-state index is -0.391. The van der Waals surface area contributed by atoms with Crippen molar-refractivity contribution >= 4 is 18.1 Å². The van der Waals surface area contributed by atoms with Gasteiger partial charge < -0.3 is 9.47 Å². The number of rotatable bonds is 7. The third-order valence-corrected chi connectivity index (χ3v) is 3.86. The molecule has 0 aliphatic rings. The Morgan fingerprint density at radius 2 is 1.70 bits per heavy atom. The van der Waals surface area contributed by atoms with Gasteiger partial charge in [0.1, 0.15) is 5.75 Å². The lowest BCUT2D eigenvalue weighted by atomic mass is 10.0. The van der Waals surface area contributed by atoms with Crippen molar-refractivity contribution < 1.29 is 19.1 Å². The second kappa shape index (κ2) is 9.52. The van der Waals surface area contributed by atoms with Gasteiger partial charge in [0, 0.05) is 5.56 Å². The highest BCUT2D eigenvalue weighted by molar-refractivity contribution is 5.89. The van der Waals surface area contributed by atoms with Crippen LogP contribution < -0.4 is 10.2 Å². The molecule has 0 unspecified atom stereocenters. The second-order valence-electron chi connectivity index (χ2n) is 6.14. The molecular weight excluding hydrogens is 344 g/mol. The minimum Gasteiger partial charge on any atom is -0.484 e. The van der Waals surface area contributed by atoms with Gasteiger partial charge in [-0.25, -0.2) is 10.2 Å². The van der Waals surface area contributed by atoms with Gasteiger partial charge in [0.15, 0.2) is 6.61 Å². The molecule has 0 aliphatic carbocycles. The number of hydrazone groups is 1. The molecule has 6 nitrogen and oxygen atoms in total. The quantitative estimate of drug-likeness (QED) is 0.462. The summed E-state index contributed by atoms with van der Waals surface area (Å²) in [5.74, 6) is -0.284. The van der Waals surface area contributed by atoms with E-state index in [0.29, 0.717) is 17.9 Å². The molecule has 0 aliphatic heterocycles. The van der Waals surface area contributed by atoms with E-state index in [1.54, 1.807) is 37.4 Å². The molecule has 0 spiro atoms. The lowest BCUT2D eigenvalue weighted by molar-refractivity contribution is -0.123. The fourth-order valence-corrected chi connectivity index (χ4v) is 2.65. The molecule has 0 radical (unpaired) electrons. The summed E-state index contributed by atoms with van der Waals surface area (Å²) in [5.41, 5.74) is 7.25. The second-order valence-corrected chi connectivity index (χ2v) is 6.14. The molecule has 0 saturated heterocycles. The summed E-state index contributed by atoms with van der Waals surface area (Å²) < 4.78 is 10.3. The largest absolute Gasteiger partial charge is 0.484 e. The van der Waals surface area contributed by atoms with Crippen molar-refractivity contribution in [3.05, 3.63) is 64.2 Å². The molecule has 0 aromatic heterocycles. The van der Waals surface area contributed by atoms with Crippen molar-refractivity contribution in [1.82, 2.24) is 5.43 Å². The van der Waals surface area contributed by atoms with Gasteiger partial charge in [-0.15, -0.1) is 0 Å². The molecule has 2 rings (SSSR count). The van der Waals surface area contributed by atoms with Gasteiger partial charge in [-0.2, -0.15) is 5.10 Å². The average Bonchev–Trinajstić information content (AvgIpc) is 2.62. The molecule has 27 heavy (non-hydrogen) atoms. The van der Waals surface area contributed by atoms with Gasteiger partial charge in [-0.1, -0.05) is 17.7 Å². The number of aryl methyl sites for hydroxylation is 3. The maximum Gasteiger partial charge on any atom is 0.338 e. The van der Waals surface area contributed by atoms with Crippen LogP contribution in [0.2, 0.25) is 0 Å². The van der Waals surface area contributed by atoms with Gasteiger partial charge in [-0.05, 0) is 63.1 Å². The number of amides is 1. The zero-order chi connectivity index (χ0) is 19.8. The Hall–Kier alpha value is -3.15. The molecule has 142 valence electrons. The summed E-state index contributed by atoms with van der Waals surface area (Å²) in [6.45, 7) is 7.94. The number of esters is 1. The Bertz CT molecular complexity index is 819. The first kappa shape index (κ1) is 20.2. The minimum absolute atomic E-state index is 0.179. The van der Waals surface area contributed by atoms with Crippen molar-refractivity contribution in [2.75, 3.05) is 13.2 Å². The number of ether oxygens (including phenoxy) is 2. The standard InChI is InChI=1S/C21H24N2O4/c1-5-26-21(25)17-6-8-18(9-7-17)27-13-20(24)23-22-12-19-15(3)10-14(2)11-16(19)4/h6-12H,5,13H2,1-4H3,(H,23,24)/b22-12+. The lowest BCUT2D eigenvalue weighted by Crippen LogP contribution is -2.24. The maximum absolute atomic E-state index is 11.9. The predicted molar refractivity (Wildman–Crippen MR) is 104 cm³/mol. The highest BCUT2D eigenvalue weighted by Crippen LogP contribution is 2.14. The Kier molecular flexibility index (Phi) is 7.11. The van der Waals surface area contributed by atoms with Crippen LogP contribution >= 0.6 is 0 Å². The number of benzene rings is 2. The van der Waals surface area contributed by atoms with E-state index in [0.717, 1.165) is 16.7 Å². The van der Waals surface area contributed by atoms with Crippen LogP contribution in [0.1, 0.15) is 39.5 Å². The molecular formula is C21H24N2O4. The first-order valence-electron chi connectivity index (χ1n) is 8.70. The fraction of sp³-hybridized carbons (Fsp3) is 0.286. The number of hydrogen-bond donors (Lipinski definition) is 1. The van der Waals surface area contributed by atoms with E-state index in [9.17, 15) is 9.59 Å². The van der Waals surface area contributed by atoms with Gasteiger partial charge >= 0.3 is 5.97 Å². The zero-order valence-electron chi connectivity index (χ0n) is 16.0. The number of hydrogen-bond acceptors (Lipinski definition) is 5. The smallest absolute Gasteiger partial charge is 0.338 e. The van der Waals surface area contributed by atoms with Crippen molar-refractivity contribution in [3.63, 3.8) is 0 Å². The summed E-state index contributed by atoms with van der Waals surface area (Å²) in [6, 6.07) is 10.5. The number of carbonyl (C=O) groups excluding carboxylic acids is 2. The normalized spacial score (nSPS) is 10.7. The van der Waals surface area contributed by atoms with Gasteiger partial charge in [0.25, 0.3) is 5.91 Å². The van der Waals surface area contributed by atoms with Crippen molar-refractivity contribution in [2.24, 2.45) is 5.10 Å². The van der Waals surface area contributed by atoms with Crippen LogP contribution in [0.25, 0.3) is 0 Å². The van der Waals surface area contributed by atoms with Crippen molar-refractivity contribution in [1.29, 1.82) is 0 Å². The molecule has 1 amide bonds. The molecule has 0 fully saturated rings. The molecule has 0 saturated carbocycles. The SMILES string of the molecule is CCOC(=O)c1ccc(OCC(=O)N/N=C/c2c(C)cc(C)cc2C)cc1. The van der Waals surface area contributed by atoms with E-state index < -0.39 is 5.97 Å². The highest BCUT2D eigenvalue weighted by Gasteiger charge is 2.07. The third kappa shape index (κ3) is 5.95. The van der Waals surface area contributed by atoms with E-state index in [1.165, 1.54) is 5.56 Å². The predicted octanol–water partition coefficient (Wildman–Crippen LogP) is 3.32. The summed E-state index contributed by atoms with van der Waals surface area (Å²) >= 11 is 0. The zero-order valence-corrected chi connectivity index (χ0v) is 16.0. The van der Waals surface area contributed by atoms with E-state index in [1.807, 2.05) is 20.8 Å². The summed E-state index contributed by atoms with van der Waals surface area (Å²) in [5, 5.41) is 4.00. The van der Waals surface area contributed by atoms with Crippen molar-refractivity contribution in [2.45, 2.75) is 27.7 Å². The molecule has 1 N–H and O–H groups in total. The van der Waals surface area contributed by atoms with E-state index >= 15 is 0 Å². The van der Waals surface area contributed by atoms with Crippen LogP contribution in [-0.4, -0.2) is 31.3 Å². The maximum atomic E-state index is 11.9. The van der Waals surface area contributed by atoms with E-state index in [2.05, 4.69) is 22.7 Å². The van der Waals surface area contributed by atoms with Crippen LogP contribution in [0.3, 0.4) is 0 Å². The number of nitrogens with one attached hydrogen (secondary N) is 1. The van der Waals surface area contributed by atoms with E-state index in [4.69, 9.17) is 9.47 Å². The van der Waals surface area contributed by atoms with Crippen LogP contribution in [0, 0.1) is 20.8 Å². The molecule has 6 heteroatoms. The Morgan fingerprint density at radius 3 is 2.30 bits per heavy atom. The van der Waals surface area contributed by atoms with Crippen LogP contribution in [0.5, 0.6) is 5.75 Å². The van der Waals surface area contributed by atoms with Gasteiger partial charge in [0.2, 0.25) is 0 Å². The van der Waals surface area contributed by atoms with Crippen molar-refractivity contribution in [3.8, 4) is 5.75 Å². The number of carbonyl (C=O) groups is 2. The Labute approximate surface area is 159 Å².